The molecule has 0 bridgehead atoms. The van der Waals surface area contributed by atoms with Crippen molar-refractivity contribution in [3.05, 3.63) is 35.0 Å². The van der Waals surface area contributed by atoms with Crippen LogP contribution in [-0.4, -0.2) is 32.8 Å². The first-order chi connectivity index (χ1) is 13.0. The molecule has 27 heavy (non-hydrogen) atoms. The van der Waals surface area contributed by atoms with Gasteiger partial charge in [0.15, 0.2) is 0 Å². The highest BCUT2D eigenvalue weighted by Crippen LogP contribution is 2.35. The van der Waals surface area contributed by atoms with Crippen molar-refractivity contribution in [3.8, 4) is 11.5 Å². The van der Waals surface area contributed by atoms with Crippen LogP contribution in [0, 0.1) is 0 Å². The predicted octanol–water partition coefficient (Wildman–Crippen LogP) is 3.46. The number of allylic oxidation sites excluding steroid dienone is 1. The number of hydrogen-bond donors (Lipinski definition) is 2. The van der Waals surface area contributed by atoms with Crippen LogP contribution in [0.4, 0.5) is 4.79 Å². The lowest BCUT2D eigenvalue weighted by Crippen LogP contribution is -2.45. The number of esters is 1. The smallest absolute Gasteiger partial charge is 0.338 e. The highest BCUT2D eigenvalue weighted by molar-refractivity contribution is 5.95. The number of unbranched alkanes of at least 4 members (excludes halogenated alkanes) is 3. The second kappa shape index (κ2) is 9.85. The molecule has 1 aliphatic rings. The van der Waals surface area contributed by atoms with Crippen LogP contribution >= 0.6 is 0 Å². The van der Waals surface area contributed by atoms with Crippen molar-refractivity contribution in [3.63, 3.8) is 0 Å². The van der Waals surface area contributed by atoms with Gasteiger partial charge in [-0.15, -0.1) is 0 Å². The van der Waals surface area contributed by atoms with Gasteiger partial charge in [-0.2, -0.15) is 0 Å². The summed E-state index contributed by atoms with van der Waals surface area (Å²) >= 11 is 0. The number of carbonyl (C=O) groups excluding carboxylic acids is 2. The van der Waals surface area contributed by atoms with Crippen molar-refractivity contribution in [1.29, 1.82) is 0 Å². The molecule has 0 unspecified atom stereocenters. The molecule has 148 valence electrons. The lowest BCUT2D eigenvalue weighted by molar-refractivity contribution is -0.139. The van der Waals surface area contributed by atoms with Crippen LogP contribution in [0.2, 0.25) is 0 Å². The van der Waals surface area contributed by atoms with Crippen molar-refractivity contribution < 1.29 is 23.8 Å². The molecular formula is C20H28N2O5. The van der Waals surface area contributed by atoms with Crippen LogP contribution in [0.1, 0.15) is 51.1 Å². The molecule has 7 nitrogen and oxygen atoms in total. The topological polar surface area (TPSA) is 85.9 Å². The fourth-order valence-corrected chi connectivity index (χ4v) is 3.03. The monoisotopic (exact) mass is 376 g/mol. The van der Waals surface area contributed by atoms with E-state index in [1.165, 1.54) is 7.11 Å². The standard InChI is InChI=1S/C20H28N2O5/c1-5-6-7-8-11-27-19(23)17-13(2)21-20(24)22-18(17)15-12-14(25-3)9-10-16(15)26-4/h9-10,12,18H,5-8,11H2,1-4H3,(H2,21,22,24)/t18-/m0/s1. The normalized spacial score (nSPS) is 16.4. The summed E-state index contributed by atoms with van der Waals surface area (Å²) in [7, 11) is 3.09. The Labute approximate surface area is 160 Å². The van der Waals surface area contributed by atoms with Crippen LogP contribution in [-0.2, 0) is 9.53 Å². The molecule has 0 spiro atoms. The van der Waals surface area contributed by atoms with Gasteiger partial charge in [-0.1, -0.05) is 26.2 Å². The predicted molar refractivity (Wildman–Crippen MR) is 102 cm³/mol. The van der Waals surface area contributed by atoms with Gasteiger partial charge in [-0.05, 0) is 31.5 Å². The van der Waals surface area contributed by atoms with Crippen molar-refractivity contribution in [2.24, 2.45) is 0 Å². The summed E-state index contributed by atoms with van der Waals surface area (Å²) in [6.45, 7) is 4.17. The molecule has 1 aromatic carbocycles. The van der Waals surface area contributed by atoms with Gasteiger partial charge in [0, 0.05) is 11.3 Å². The first-order valence-electron chi connectivity index (χ1n) is 9.19. The van der Waals surface area contributed by atoms with Crippen LogP contribution < -0.4 is 20.1 Å². The summed E-state index contributed by atoms with van der Waals surface area (Å²) in [5, 5.41) is 5.43. The molecule has 1 aromatic rings. The molecule has 0 radical (unpaired) electrons. The Morgan fingerprint density at radius 2 is 1.93 bits per heavy atom. The summed E-state index contributed by atoms with van der Waals surface area (Å²) in [5.41, 5.74) is 1.45. The van der Waals surface area contributed by atoms with Crippen molar-refractivity contribution in [2.45, 2.75) is 45.6 Å². The fraction of sp³-hybridized carbons (Fsp3) is 0.500. The Bertz CT molecular complexity index is 714. The largest absolute Gasteiger partial charge is 0.497 e. The Balaban J connectivity index is 2.29. The maximum absolute atomic E-state index is 12.7. The number of ether oxygens (including phenoxy) is 3. The maximum Gasteiger partial charge on any atom is 0.338 e. The summed E-state index contributed by atoms with van der Waals surface area (Å²) < 4.78 is 16.2. The zero-order valence-corrected chi connectivity index (χ0v) is 16.4. The van der Waals surface area contributed by atoms with Crippen LogP contribution in [0.25, 0.3) is 0 Å². The number of rotatable bonds is 9. The van der Waals surface area contributed by atoms with Crippen LogP contribution in [0.5, 0.6) is 11.5 Å². The van der Waals surface area contributed by atoms with E-state index in [-0.39, 0.29) is 6.03 Å². The first kappa shape index (κ1) is 20.6. The summed E-state index contributed by atoms with van der Waals surface area (Å²) in [4.78, 5) is 24.8. The highest BCUT2D eigenvalue weighted by Gasteiger charge is 2.34. The maximum atomic E-state index is 12.7. The molecule has 2 N–H and O–H groups in total. The lowest BCUT2D eigenvalue weighted by atomic mass is 9.94. The molecule has 1 atom stereocenters. The van der Waals surface area contributed by atoms with Gasteiger partial charge in [0.2, 0.25) is 0 Å². The number of carbonyl (C=O) groups is 2. The van der Waals surface area contributed by atoms with E-state index in [0.717, 1.165) is 25.7 Å². The summed E-state index contributed by atoms with van der Waals surface area (Å²) in [5.74, 6) is 0.693. The number of benzene rings is 1. The van der Waals surface area contributed by atoms with E-state index in [2.05, 4.69) is 17.6 Å². The third-order valence-electron chi connectivity index (χ3n) is 4.47. The van der Waals surface area contributed by atoms with E-state index in [1.807, 2.05) is 0 Å². The van der Waals surface area contributed by atoms with Crippen molar-refractivity contribution in [1.82, 2.24) is 10.6 Å². The molecule has 0 fully saturated rings. The number of hydrogen-bond acceptors (Lipinski definition) is 5. The van der Waals surface area contributed by atoms with E-state index >= 15 is 0 Å². The first-order valence-corrected chi connectivity index (χ1v) is 9.19. The zero-order valence-electron chi connectivity index (χ0n) is 16.4. The number of methoxy groups -OCH3 is 2. The van der Waals surface area contributed by atoms with E-state index < -0.39 is 12.0 Å². The molecule has 0 aromatic heterocycles. The summed E-state index contributed by atoms with van der Waals surface area (Å²) in [6.07, 6.45) is 4.06. The Hall–Kier alpha value is -2.70. The Morgan fingerprint density at radius 1 is 1.15 bits per heavy atom. The van der Waals surface area contributed by atoms with Crippen LogP contribution in [0.3, 0.4) is 0 Å². The number of amides is 2. The molecule has 1 heterocycles. The van der Waals surface area contributed by atoms with Crippen LogP contribution in [0.15, 0.2) is 29.5 Å². The quantitative estimate of drug-likeness (QED) is 0.509. The molecule has 0 saturated carbocycles. The minimum Gasteiger partial charge on any atom is -0.497 e. The van der Waals surface area contributed by atoms with Gasteiger partial charge in [-0.25, -0.2) is 9.59 Å². The Kier molecular flexibility index (Phi) is 7.52. The van der Waals surface area contributed by atoms with Gasteiger partial charge < -0.3 is 24.8 Å². The third-order valence-corrected chi connectivity index (χ3v) is 4.47. The van der Waals surface area contributed by atoms with E-state index in [1.54, 1.807) is 32.2 Å². The van der Waals surface area contributed by atoms with Crippen molar-refractivity contribution in [2.75, 3.05) is 20.8 Å². The molecular weight excluding hydrogens is 348 g/mol. The minimum atomic E-state index is -0.688. The minimum absolute atomic E-state index is 0.353. The SMILES string of the molecule is CCCCCCOC(=O)C1=C(C)NC(=O)N[C@H]1c1cc(OC)ccc1OC. The molecule has 0 aliphatic carbocycles. The van der Waals surface area contributed by atoms with E-state index in [9.17, 15) is 9.59 Å². The van der Waals surface area contributed by atoms with Gasteiger partial charge >= 0.3 is 12.0 Å². The van der Waals surface area contributed by atoms with Crippen molar-refractivity contribution >= 4 is 12.0 Å². The van der Waals surface area contributed by atoms with Gasteiger partial charge in [0.1, 0.15) is 11.5 Å². The second-order valence-corrected chi connectivity index (χ2v) is 6.37. The highest BCUT2D eigenvalue weighted by atomic mass is 16.5. The van der Waals surface area contributed by atoms with E-state index in [4.69, 9.17) is 14.2 Å². The van der Waals surface area contributed by atoms with E-state index in [0.29, 0.717) is 34.9 Å². The molecule has 1 aliphatic heterocycles. The molecule has 0 saturated heterocycles. The molecule has 2 rings (SSSR count). The lowest BCUT2D eigenvalue weighted by Gasteiger charge is -2.29. The molecule has 7 heteroatoms. The third kappa shape index (κ3) is 5.15. The zero-order chi connectivity index (χ0) is 19.8. The summed E-state index contributed by atoms with van der Waals surface area (Å²) in [6, 6.07) is 4.17. The van der Waals surface area contributed by atoms with Gasteiger partial charge in [0.05, 0.1) is 32.4 Å². The van der Waals surface area contributed by atoms with Gasteiger partial charge in [0.25, 0.3) is 0 Å². The fourth-order valence-electron chi connectivity index (χ4n) is 3.03. The average Bonchev–Trinajstić information content (AvgIpc) is 2.66. The number of nitrogens with one attached hydrogen (secondary N) is 2. The van der Waals surface area contributed by atoms with Gasteiger partial charge in [-0.3, -0.25) is 0 Å². The average molecular weight is 376 g/mol. The number of urea groups is 1. The molecule has 2 amide bonds. The Morgan fingerprint density at radius 3 is 2.59 bits per heavy atom. The second-order valence-electron chi connectivity index (χ2n) is 6.37.